The van der Waals surface area contributed by atoms with Crippen LogP contribution in [0.3, 0.4) is 0 Å². The molecular weight excluding hydrogens is 224 g/mol. The van der Waals surface area contributed by atoms with E-state index in [1.54, 1.807) is 0 Å². The number of aldehydes is 1. The first-order chi connectivity index (χ1) is 8.69. The largest absolute Gasteiger partial charge is 0.507 e. The quantitative estimate of drug-likeness (QED) is 0.830. The maximum Gasteiger partial charge on any atom is 0.154 e. The Bertz CT molecular complexity index is 571. The summed E-state index contributed by atoms with van der Waals surface area (Å²) in [7, 11) is 0. The summed E-state index contributed by atoms with van der Waals surface area (Å²) < 4.78 is 0. The molecule has 0 saturated heterocycles. The molecule has 0 bridgehead atoms. The van der Waals surface area contributed by atoms with Gasteiger partial charge in [-0.15, -0.1) is 0 Å². The van der Waals surface area contributed by atoms with Crippen molar-refractivity contribution < 1.29 is 9.90 Å². The molecule has 0 spiro atoms. The molecule has 0 radical (unpaired) electrons. The van der Waals surface area contributed by atoms with E-state index in [1.165, 1.54) is 0 Å². The maximum atomic E-state index is 11.2. The van der Waals surface area contributed by atoms with Crippen molar-refractivity contribution in [3.05, 3.63) is 53.1 Å². The molecular formula is C16H16O2. The van der Waals surface area contributed by atoms with Crippen molar-refractivity contribution in [2.24, 2.45) is 0 Å². The zero-order chi connectivity index (χ0) is 13.1. The van der Waals surface area contributed by atoms with Gasteiger partial charge >= 0.3 is 0 Å². The number of aryl methyl sites for hydroxylation is 1. The number of carbonyl (C=O) groups excluding carboxylic acids is 1. The SMILES string of the molecule is CCc1cc(-c2ccccc2)c(C=O)c(O)c1C. The lowest BCUT2D eigenvalue weighted by atomic mass is 9.92. The van der Waals surface area contributed by atoms with Crippen molar-refractivity contribution in [1.29, 1.82) is 0 Å². The first-order valence-corrected chi connectivity index (χ1v) is 6.05. The van der Waals surface area contributed by atoms with Crippen LogP contribution < -0.4 is 0 Å². The van der Waals surface area contributed by atoms with Crippen LogP contribution in [0.4, 0.5) is 0 Å². The van der Waals surface area contributed by atoms with Gasteiger partial charge in [0, 0.05) is 0 Å². The smallest absolute Gasteiger partial charge is 0.154 e. The number of phenolic OH excluding ortho intramolecular Hbond substituents is 1. The molecule has 2 nitrogen and oxygen atoms in total. The Morgan fingerprint density at radius 3 is 2.44 bits per heavy atom. The number of hydrogen-bond donors (Lipinski definition) is 1. The summed E-state index contributed by atoms with van der Waals surface area (Å²) in [4.78, 5) is 11.2. The number of hydrogen-bond acceptors (Lipinski definition) is 2. The highest BCUT2D eigenvalue weighted by atomic mass is 16.3. The Morgan fingerprint density at radius 1 is 1.22 bits per heavy atom. The molecule has 0 heterocycles. The Kier molecular flexibility index (Phi) is 3.47. The highest BCUT2D eigenvalue weighted by Crippen LogP contribution is 2.34. The van der Waals surface area contributed by atoms with Crippen molar-refractivity contribution >= 4 is 6.29 Å². The van der Waals surface area contributed by atoms with Crippen LogP contribution in [-0.2, 0) is 6.42 Å². The second-order valence-corrected chi connectivity index (χ2v) is 4.31. The molecule has 2 aromatic carbocycles. The number of carbonyl (C=O) groups is 1. The molecule has 0 aliphatic carbocycles. The molecule has 2 heteroatoms. The fourth-order valence-electron chi connectivity index (χ4n) is 2.18. The number of rotatable bonds is 3. The van der Waals surface area contributed by atoms with Crippen LogP contribution in [0.15, 0.2) is 36.4 Å². The zero-order valence-corrected chi connectivity index (χ0v) is 10.6. The molecule has 0 unspecified atom stereocenters. The van der Waals surface area contributed by atoms with Gasteiger partial charge in [-0.3, -0.25) is 4.79 Å². The van der Waals surface area contributed by atoms with Gasteiger partial charge in [-0.05, 0) is 41.7 Å². The van der Waals surface area contributed by atoms with Crippen molar-refractivity contribution in [3.8, 4) is 16.9 Å². The molecule has 0 saturated carbocycles. The summed E-state index contributed by atoms with van der Waals surface area (Å²) in [6, 6.07) is 11.7. The Balaban J connectivity index is 2.74. The van der Waals surface area contributed by atoms with Gasteiger partial charge in [0.1, 0.15) is 5.75 Å². The molecule has 0 fully saturated rings. The Hall–Kier alpha value is -2.09. The average molecular weight is 240 g/mol. The Morgan fingerprint density at radius 2 is 1.89 bits per heavy atom. The molecule has 2 aromatic rings. The molecule has 92 valence electrons. The molecule has 0 amide bonds. The topological polar surface area (TPSA) is 37.3 Å². The second kappa shape index (κ2) is 5.05. The second-order valence-electron chi connectivity index (χ2n) is 4.31. The van der Waals surface area contributed by atoms with E-state index in [2.05, 4.69) is 0 Å². The minimum atomic E-state index is 0.100. The highest BCUT2D eigenvalue weighted by Gasteiger charge is 2.14. The van der Waals surface area contributed by atoms with Crippen LogP contribution in [0.25, 0.3) is 11.1 Å². The molecule has 1 N–H and O–H groups in total. The zero-order valence-electron chi connectivity index (χ0n) is 10.6. The van der Waals surface area contributed by atoms with Crippen LogP contribution in [-0.4, -0.2) is 11.4 Å². The van der Waals surface area contributed by atoms with Gasteiger partial charge in [-0.1, -0.05) is 37.3 Å². The fourth-order valence-corrected chi connectivity index (χ4v) is 2.18. The first kappa shape index (κ1) is 12.4. The van der Waals surface area contributed by atoms with E-state index in [1.807, 2.05) is 50.2 Å². The summed E-state index contributed by atoms with van der Waals surface area (Å²) in [5.74, 6) is 0.100. The predicted octanol–water partition coefficient (Wildman–Crippen LogP) is 3.74. The average Bonchev–Trinajstić information content (AvgIpc) is 2.42. The minimum Gasteiger partial charge on any atom is -0.507 e. The number of aromatic hydroxyl groups is 1. The monoisotopic (exact) mass is 240 g/mol. The fraction of sp³-hybridized carbons (Fsp3) is 0.188. The van der Waals surface area contributed by atoms with Crippen LogP contribution in [0.5, 0.6) is 5.75 Å². The molecule has 2 rings (SSSR count). The van der Waals surface area contributed by atoms with Crippen LogP contribution >= 0.6 is 0 Å². The number of phenols is 1. The third-order valence-corrected chi connectivity index (χ3v) is 3.28. The first-order valence-electron chi connectivity index (χ1n) is 6.05. The van der Waals surface area contributed by atoms with Gasteiger partial charge in [-0.2, -0.15) is 0 Å². The van der Waals surface area contributed by atoms with Crippen molar-refractivity contribution in [3.63, 3.8) is 0 Å². The van der Waals surface area contributed by atoms with E-state index >= 15 is 0 Å². The van der Waals surface area contributed by atoms with Gasteiger partial charge in [0.15, 0.2) is 6.29 Å². The summed E-state index contributed by atoms with van der Waals surface area (Å²) in [5, 5.41) is 10.1. The molecule has 18 heavy (non-hydrogen) atoms. The van der Waals surface area contributed by atoms with E-state index in [0.29, 0.717) is 5.56 Å². The van der Waals surface area contributed by atoms with Gasteiger partial charge in [0.25, 0.3) is 0 Å². The van der Waals surface area contributed by atoms with Gasteiger partial charge in [-0.25, -0.2) is 0 Å². The molecule has 0 aliphatic rings. The van der Waals surface area contributed by atoms with E-state index < -0.39 is 0 Å². The lowest BCUT2D eigenvalue weighted by Crippen LogP contribution is -1.96. The van der Waals surface area contributed by atoms with Gasteiger partial charge in [0.05, 0.1) is 5.56 Å². The van der Waals surface area contributed by atoms with Gasteiger partial charge in [0.2, 0.25) is 0 Å². The van der Waals surface area contributed by atoms with E-state index in [9.17, 15) is 9.90 Å². The van der Waals surface area contributed by atoms with Crippen LogP contribution in [0.2, 0.25) is 0 Å². The third-order valence-electron chi connectivity index (χ3n) is 3.28. The summed E-state index contributed by atoms with van der Waals surface area (Å²) >= 11 is 0. The standard InChI is InChI=1S/C16H16O2/c1-3-12-9-14(13-7-5-4-6-8-13)15(10-17)16(18)11(12)2/h4-10,18H,3H2,1-2H3. The summed E-state index contributed by atoms with van der Waals surface area (Å²) in [6.07, 6.45) is 1.56. The van der Waals surface area contributed by atoms with Gasteiger partial charge < -0.3 is 5.11 Å². The molecule has 0 aromatic heterocycles. The summed E-state index contributed by atoms with van der Waals surface area (Å²) in [6.45, 7) is 3.88. The van der Waals surface area contributed by atoms with E-state index in [-0.39, 0.29) is 5.75 Å². The molecule has 0 aliphatic heterocycles. The number of benzene rings is 2. The predicted molar refractivity (Wildman–Crippen MR) is 73.0 cm³/mol. The highest BCUT2D eigenvalue weighted by molar-refractivity contribution is 5.92. The van der Waals surface area contributed by atoms with Crippen molar-refractivity contribution in [2.45, 2.75) is 20.3 Å². The van der Waals surface area contributed by atoms with E-state index in [0.717, 1.165) is 35.0 Å². The van der Waals surface area contributed by atoms with Crippen molar-refractivity contribution in [2.75, 3.05) is 0 Å². The van der Waals surface area contributed by atoms with E-state index in [4.69, 9.17) is 0 Å². The Labute approximate surface area is 107 Å². The third kappa shape index (κ3) is 2.02. The lowest BCUT2D eigenvalue weighted by Gasteiger charge is -2.13. The maximum absolute atomic E-state index is 11.2. The van der Waals surface area contributed by atoms with Crippen molar-refractivity contribution in [1.82, 2.24) is 0 Å². The molecule has 0 atom stereocenters. The summed E-state index contributed by atoms with van der Waals surface area (Å²) in [5.41, 5.74) is 3.97. The normalized spacial score (nSPS) is 10.3. The lowest BCUT2D eigenvalue weighted by molar-refractivity contribution is 0.112. The minimum absolute atomic E-state index is 0.100. The van der Waals surface area contributed by atoms with Crippen LogP contribution in [0.1, 0.15) is 28.4 Å². The van der Waals surface area contributed by atoms with Crippen LogP contribution in [0, 0.1) is 6.92 Å².